The second-order valence-electron chi connectivity index (χ2n) is 4.05. The summed E-state index contributed by atoms with van der Waals surface area (Å²) in [7, 11) is 0. The molecular formula is C13H21NO2. The molecule has 0 bridgehead atoms. The van der Waals surface area contributed by atoms with Gasteiger partial charge in [0.2, 0.25) is 0 Å². The molecule has 0 saturated carbocycles. The third-order valence-electron chi connectivity index (χ3n) is 2.84. The highest BCUT2D eigenvalue weighted by Gasteiger charge is 2.21. The van der Waals surface area contributed by atoms with Crippen LogP contribution in [-0.2, 0) is 0 Å². The van der Waals surface area contributed by atoms with E-state index in [1.54, 1.807) is 0 Å². The molecule has 0 fully saturated rings. The summed E-state index contributed by atoms with van der Waals surface area (Å²) < 4.78 is 5.54. The van der Waals surface area contributed by atoms with E-state index >= 15 is 0 Å². The number of hydrogen-bond donors (Lipinski definition) is 2. The van der Waals surface area contributed by atoms with E-state index in [1.165, 1.54) is 0 Å². The maximum Gasteiger partial charge on any atom is 0.119 e. The highest BCUT2D eigenvalue weighted by atomic mass is 16.5. The molecular weight excluding hydrogens is 202 g/mol. The van der Waals surface area contributed by atoms with Gasteiger partial charge in [-0.05, 0) is 31.4 Å². The van der Waals surface area contributed by atoms with Crippen LogP contribution < -0.4 is 10.5 Å². The summed E-state index contributed by atoms with van der Waals surface area (Å²) in [6, 6.07) is 9.69. The van der Waals surface area contributed by atoms with Crippen LogP contribution in [0, 0.1) is 0 Å². The molecule has 0 aliphatic rings. The standard InChI is InChI=1S/C13H21NO2/c1-2-13(15,11-14)9-6-10-16-12-7-4-3-5-8-12/h3-5,7-8,15H,2,6,9-11,14H2,1H3. The number of hydrogen-bond acceptors (Lipinski definition) is 3. The smallest absolute Gasteiger partial charge is 0.119 e. The molecule has 0 saturated heterocycles. The minimum atomic E-state index is -0.722. The first kappa shape index (κ1) is 13.0. The molecule has 0 aromatic heterocycles. The highest BCUT2D eigenvalue weighted by molar-refractivity contribution is 5.20. The molecule has 0 amide bonds. The Hall–Kier alpha value is -1.06. The minimum absolute atomic E-state index is 0.314. The van der Waals surface area contributed by atoms with Gasteiger partial charge in [-0.25, -0.2) is 0 Å². The molecule has 0 radical (unpaired) electrons. The molecule has 0 heterocycles. The van der Waals surface area contributed by atoms with Gasteiger partial charge in [0.05, 0.1) is 12.2 Å². The summed E-state index contributed by atoms with van der Waals surface area (Å²) in [5, 5.41) is 9.95. The molecule has 3 nitrogen and oxygen atoms in total. The highest BCUT2D eigenvalue weighted by Crippen LogP contribution is 2.16. The second-order valence-corrected chi connectivity index (χ2v) is 4.05. The van der Waals surface area contributed by atoms with Crippen molar-refractivity contribution in [3.8, 4) is 5.75 Å². The van der Waals surface area contributed by atoms with Gasteiger partial charge in [0, 0.05) is 6.54 Å². The van der Waals surface area contributed by atoms with Gasteiger partial charge < -0.3 is 15.6 Å². The molecule has 3 N–H and O–H groups in total. The van der Waals surface area contributed by atoms with Crippen LogP contribution in [0.1, 0.15) is 26.2 Å². The first-order valence-electron chi connectivity index (χ1n) is 5.80. The van der Waals surface area contributed by atoms with Gasteiger partial charge in [0.15, 0.2) is 0 Å². The van der Waals surface area contributed by atoms with E-state index in [-0.39, 0.29) is 0 Å². The predicted molar refractivity (Wildman–Crippen MR) is 65.5 cm³/mol. The molecule has 1 unspecified atom stereocenters. The van der Waals surface area contributed by atoms with Crippen molar-refractivity contribution in [1.29, 1.82) is 0 Å². The van der Waals surface area contributed by atoms with Crippen molar-refractivity contribution in [3.05, 3.63) is 30.3 Å². The van der Waals surface area contributed by atoms with Gasteiger partial charge in [-0.15, -0.1) is 0 Å². The Balaban J connectivity index is 2.22. The van der Waals surface area contributed by atoms with Crippen molar-refractivity contribution in [3.63, 3.8) is 0 Å². The predicted octanol–water partition coefficient (Wildman–Crippen LogP) is 1.95. The number of nitrogens with two attached hydrogens (primary N) is 1. The molecule has 1 aromatic rings. The van der Waals surface area contributed by atoms with Crippen LogP contribution in [0.4, 0.5) is 0 Å². The summed E-state index contributed by atoms with van der Waals surface area (Å²) >= 11 is 0. The zero-order valence-corrected chi connectivity index (χ0v) is 9.86. The van der Waals surface area contributed by atoms with Crippen molar-refractivity contribution in [2.24, 2.45) is 5.73 Å². The summed E-state index contributed by atoms with van der Waals surface area (Å²) in [6.07, 6.45) is 2.19. The SMILES string of the molecule is CCC(O)(CN)CCCOc1ccccc1. The van der Waals surface area contributed by atoms with Crippen LogP contribution in [0.15, 0.2) is 30.3 Å². The Morgan fingerprint density at radius 1 is 1.31 bits per heavy atom. The normalized spacial score (nSPS) is 14.4. The van der Waals surface area contributed by atoms with Gasteiger partial charge in [0.1, 0.15) is 5.75 Å². The van der Waals surface area contributed by atoms with Gasteiger partial charge in [-0.1, -0.05) is 25.1 Å². The zero-order valence-electron chi connectivity index (χ0n) is 9.86. The largest absolute Gasteiger partial charge is 0.494 e. The second kappa shape index (κ2) is 6.51. The molecule has 3 heteroatoms. The van der Waals surface area contributed by atoms with Gasteiger partial charge in [0.25, 0.3) is 0 Å². The molecule has 0 spiro atoms. The summed E-state index contributed by atoms with van der Waals surface area (Å²) in [5.74, 6) is 0.871. The van der Waals surface area contributed by atoms with E-state index in [4.69, 9.17) is 10.5 Å². The van der Waals surface area contributed by atoms with Crippen LogP contribution in [0.5, 0.6) is 5.75 Å². The number of para-hydroxylation sites is 1. The van der Waals surface area contributed by atoms with Crippen molar-refractivity contribution in [1.82, 2.24) is 0 Å². The third kappa shape index (κ3) is 4.21. The monoisotopic (exact) mass is 223 g/mol. The van der Waals surface area contributed by atoms with Crippen molar-refractivity contribution in [2.75, 3.05) is 13.2 Å². The first-order chi connectivity index (χ1) is 7.70. The van der Waals surface area contributed by atoms with E-state index in [1.807, 2.05) is 37.3 Å². The summed E-state index contributed by atoms with van der Waals surface area (Å²) in [5.41, 5.74) is 4.80. The average molecular weight is 223 g/mol. The summed E-state index contributed by atoms with van der Waals surface area (Å²) in [4.78, 5) is 0. The number of benzene rings is 1. The lowest BCUT2D eigenvalue weighted by Gasteiger charge is -2.24. The van der Waals surface area contributed by atoms with Crippen LogP contribution >= 0.6 is 0 Å². The fourth-order valence-corrected chi connectivity index (χ4v) is 1.53. The van der Waals surface area contributed by atoms with Gasteiger partial charge >= 0.3 is 0 Å². The Morgan fingerprint density at radius 3 is 2.56 bits per heavy atom. The maximum atomic E-state index is 9.95. The molecule has 1 atom stereocenters. The van der Waals surface area contributed by atoms with E-state index < -0.39 is 5.60 Å². The number of ether oxygens (including phenoxy) is 1. The topological polar surface area (TPSA) is 55.5 Å². The Bertz CT molecular complexity index is 283. The Morgan fingerprint density at radius 2 is 2.00 bits per heavy atom. The molecule has 0 aliphatic heterocycles. The fraction of sp³-hybridized carbons (Fsp3) is 0.538. The van der Waals surface area contributed by atoms with Crippen LogP contribution in [-0.4, -0.2) is 23.9 Å². The number of rotatable bonds is 7. The van der Waals surface area contributed by atoms with Crippen molar-refractivity contribution < 1.29 is 9.84 Å². The Kier molecular flexibility index (Phi) is 5.29. The molecule has 0 aliphatic carbocycles. The maximum absolute atomic E-state index is 9.95. The quantitative estimate of drug-likeness (QED) is 0.695. The van der Waals surface area contributed by atoms with Crippen LogP contribution in [0.25, 0.3) is 0 Å². The molecule has 90 valence electrons. The van der Waals surface area contributed by atoms with Gasteiger partial charge in [-0.3, -0.25) is 0 Å². The lowest BCUT2D eigenvalue weighted by molar-refractivity contribution is 0.0309. The van der Waals surface area contributed by atoms with E-state index in [2.05, 4.69) is 0 Å². The first-order valence-corrected chi connectivity index (χ1v) is 5.80. The van der Waals surface area contributed by atoms with E-state index in [0.29, 0.717) is 26.0 Å². The van der Waals surface area contributed by atoms with Crippen molar-refractivity contribution >= 4 is 0 Å². The third-order valence-corrected chi connectivity index (χ3v) is 2.84. The molecule has 1 aromatic carbocycles. The zero-order chi connectivity index (χ0) is 11.9. The lowest BCUT2D eigenvalue weighted by atomic mass is 9.95. The summed E-state index contributed by atoms with van der Waals surface area (Å²) in [6.45, 7) is 2.88. The van der Waals surface area contributed by atoms with E-state index in [0.717, 1.165) is 12.2 Å². The number of aliphatic hydroxyl groups is 1. The van der Waals surface area contributed by atoms with Crippen LogP contribution in [0.3, 0.4) is 0 Å². The lowest BCUT2D eigenvalue weighted by Crippen LogP contribution is -2.37. The average Bonchev–Trinajstić information content (AvgIpc) is 2.36. The van der Waals surface area contributed by atoms with E-state index in [9.17, 15) is 5.11 Å². The Labute approximate surface area is 97.2 Å². The van der Waals surface area contributed by atoms with Crippen LogP contribution in [0.2, 0.25) is 0 Å². The van der Waals surface area contributed by atoms with Gasteiger partial charge in [-0.2, -0.15) is 0 Å². The van der Waals surface area contributed by atoms with Crippen molar-refractivity contribution in [2.45, 2.75) is 31.8 Å². The minimum Gasteiger partial charge on any atom is -0.494 e. The molecule has 16 heavy (non-hydrogen) atoms. The molecule has 1 rings (SSSR count). The fourth-order valence-electron chi connectivity index (χ4n) is 1.53.